The molecule has 0 radical (unpaired) electrons. The summed E-state index contributed by atoms with van der Waals surface area (Å²) in [6.07, 6.45) is 5.51. The standard InChI is InChI=1S/C24H24N4O3/c1-5-17-9-8-10-18(13-17)27(15-21(29)25-4)24(31)22-19-11-6-7-12-20(19)23(30)28(26-22)14-16(2)3/h1,6-13,16H,14-15H2,2-4H3,(H,25,29). The Hall–Kier alpha value is -3.92. The monoisotopic (exact) mass is 416 g/mol. The van der Waals surface area contributed by atoms with Crippen LogP contribution in [0.2, 0.25) is 0 Å². The molecule has 1 N–H and O–H groups in total. The van der Waals surface area contributed by atoms with E-state index in [0.717, 1.165) is 0 Å². The van der Waals surface area contributed by atoms with Gasteiger partial charge in [-0.1, -0.05) is 44.0 Å². The smallest absolute Gasteiger partial charge is 0.279 e. The maximum atomic E-state index is 13.7. The highest BCUT2D eigenvalue weighted by molar-refractivity contribution is 6.14. The summed E-state index contributed by atoms with van der Waals surface area (Å²) in [6, 6.07) is 13.7. The first-order chi connectivity index (χ1) is 14.8. The van der Waals surface area contributed by atoms with Gasteiger partial charge < -0.3 is 5.32 Å². The molecule has 2 aromatic carbocycles. The van der Waals surface area contributed by atoms with Crippen molar-refractivity contribution in [1.82, 2.24) is 15.1 Å². The first kappa shape index (κ1) is 21.8. The topological polar surface area (TPSA) is 84.3 Å². The van der Waals surface area contributed by atoms with Gasteiger partial charge in [0, 0.05) is 30.2 Å². The zero-order chi connectivity index (χ0) is 22.5. The average Bonchev–Trinajstić information content (AvgIpc) is 2.78. The van der Waals surface area contributed by atoms with Crippen LogP contribution in [0.25, 0.3) is 10.8 Å². The molecule has 3 rings (SSSR count). The molecule has 0 aliphatic heterocycles. The van der Waals surface area contributed by atoms with E-state index in [1.807, 2.05) is 13.8 Å². The molecule has 0 aliphatic carbocycles. The Kier molecular flexibility index (Phi) is 6.51. The lowest BCUT2D eigenvalue weighted by atomic mass is 10.1. The SMILES string of the molecule is C#Cc1cccc(N(CC(=O)NC)C(=O)c2nn(CC(C)C)c(=O)c3ccccc23)c1. The normalized spacial score (nSPS) is 10.7. The van der Waals surface area contributed by atoms with Crippen molar-refractivity contribution in [2.75, 3.05) is 18.5 Å². The van der Waals surface area contributed by atoms with Gasteiger partial charge in [-0.25, -0.2) is 4.68 Å². The zero-order valence-electron chi connectivity index (χ0n) is 17.8. The molecule has 0 spiro atoms. The maximum Gasteiger partial charge on any atom is 0.279 e. The van der Waals surface area contributed by atoms with Crippen molar-refractivity contribution in [3.05, 3.63) is 70.1 Å². The lowest BCUT2D eigenvalue weighted by molar-refractivity contribution is -0.119. The summed E-state index contributed by atoms with van der Waals surface area (Å²) in [5.74, 6) is 1.85. The van der Waals surface area contributed by atoms with Crippen LogP contribution in [0.15, 0.2) is 53.3 Å². The third-order valence-corrected chi connectivity index (χ3v) is 4.76. The number of benzene rings is 2. The number of carbonyl (C=O) groups excluding carboxylic acids is 2. The average molecular weight is 416 g/mol. The number of nitrogens with zero attached hydrogens (tertiary/aromatic N) is 3. The van der Waals surface area contributed by atoms with Gasteiger partial charge in [0.2, 0.25) is 5.91 Å². The van der Waals surface area contributed by atoms with E-state index < -0.39 is 5.91 Å². The number of fused-ring (bicyclic) bond motifs is 1. The molecule has 1 heterocycles. The molecule has 0 saturated heterocycles. The molecule has 0 bridgehead atoms. The number of terminal acetylenes is 1. The first-order valence-electron chi connectivity index (χ1n) is 9.94. The Morgan fingerprint density at radius 2 is 1.87 bits per heavy atom. The van der Waals surface area contributed by atoms with Crippen molar-refractivity contribution in [2.24, 2.45) is 5.92 Å². The van der Waals surface area contributed by atoms with E-state index in [0.29, 0.717) is 28.6 Å². The van der Waals surface area contributed by atoms with Crippen LogP contribution in [-0.4, -0.2) is 35.2 Å². The third-order valence-electron chi connectivity index (χ3n) is 4.76. The quantitative estimate of drug-likeness (QED) is 0.626. The van der Waals surface area contributed by atoms with Crippen LogP contribution < -0.4 is 15.8 Å². The molecular weight excluding hydrogens is 392 g/mol. The van der Waals surface area contributed by atoms with Crippen LogP contribution in [0.1, 0.15) is 29.9 Å². The van der Waals surface area contributed by atoms with Crippen molar-refractivity contribution >= 4 is 28.3 Å². The van der Waals surface area contributed by atoms with E-state index in [4.69, 9.17) is 6.42 Å². The highest BCUT2D eigenvalue weighted by atomic mass is 16.2. The summed E-state index contributed by atoms with van der Waals surface area (Å²) >= 11 is 0. The molecule has 2 amide bonds. The molecule has 7 nitrogen and oxygen atoms in total. The molecule has 158 valence electrons. The molecule has 0 fully saturated rings. The fraction of sp³-hybridized carbons (Fsp3) is 0.250. The molecule has 31 heavy (non-hydrogen) atoms. The number of hydrogen-bond donors (Lipinski definition) is 1. The number of amides is 2. The molecule has 0 aliphatic rings. The molecule has 0 saturated carbocycles. The largest absolute Gasteiger partial charge is 0.358 e. The number of likely N-dealkylation sites (N-methyl/N-ethyl adjacent to an activating group) is 1. The lowest BCUT2D eigenvalue weighted by Gasteiger charge is -2.23. The Labute approximate surface area is 180 Å². The second-order valence-corrected chi connectivity index (χ2v) is 7.53. The van der Waals surface area contributed by atoms with Gasteiger partial charge in [0.05, 0.1) is 5.39 Å². The number of carbonyl (C=O) groups is 2. The van der Waals surface area contributed by atoms with Crippen molar-refractivity contribution < 1.29 is 9.59 Å². The fourth-order valence-electron chi connectivity index (χ4n) is 3.26. The van der Waals surface area contributed by atoms with Crippen LogP contribution in [0, 0.1) is 18.3 Å². The van der Waals surface area contributed by atoms with Gasteiger partial charge in [-0.3, -0.25) is 19.3 Å². The molecule has 7 heteroatoms. The summed E-state index contributed by atoms with van der Waals surface area (Å²) < 4.78 is 1.32. The summed E-state index contributed by atoms with van der Waals surface area (Å²) in [5.41, 5.74) is 0.894. The molecule has 0 atom stereocenters. The van der Waals surface area contributed by atoms with Crippen LogP contribution in [0.3, 0.4) is 0 Å². The second-order valence-electron chi connectivity index (χ2n) is 7.53. The molecule has 1 aromatic heterocycles. The summed E-state index contributed by atoms with van der Waals surface area (Å²) in [5, 5.41) is 7.78. The maximum absolute atomic E-state index is 13.7. The summed E-state index contributed by atoms with van der Waals surface area (Å²) in [4.78, 5) is 40.1. The fourth-order valence-corrected chi connectivity index (χ4v) is 3.26. The minimum absolute atomic E-state index is 0.103. The Bertz CT molecular complexity index is 1240. The van der Waals surface area contributed by atoms with E-state index in [9.17, 15) is 14.4 Å². The minimum atomic E-state index is -0.494. The molecule has 3 aromatic rings. The molecular formula is C24H24N4O3. The van der Waals surface area contributed by atoms with Gasteiger partial charge in [0.25, 0.3) is 11.5 Å². The lowest BCUT2D eigenvalue weighted by Crippen LogP contribution is -2.41. The van der Waals surface area contributed by atoms with Crippen molar-refractivity contribution in [2.45, 2.75) is 20.4 Å². The van der Waals surface area contributed by atoms with E-state index in [1.165, 1.54) is 16.6 Å². The van der Waals surface area contributed by atoms with Crippen LogP contribution in [-0.2, 0) is 11.3 Å². The van der Waals surface area contributed by atoms with Gasteiger partial charge in [0.1, 0.15) is 6.54 Å². The van der Waals surface area contributed by atoms with Crippen LogP contribution in [0.5, 0.6) is 0 Å². The van der Waals surface area contributed by atoms with Gasteiger partial charge >= 0.3 is 0 Å². The summed E-state index contributed by atoms with van der Waals surface area (Å²) in [6.45, 7) is 4.08. The Morgan fingerprint density at radius 3 is 2.52 bits per heavy atom. The predicted molar refractivity (Wildman–Crippen MR) is 121 cm³/mol. The second kappa shape index (κ2) is 9.26. The van der Waals surface area contributed by atoms with Crippen LogP contribution >= 0.6 is 0 Å². The van der Waals surface area contributed by atoms with Gasteiger partial charge in [-0.05, 0) is 30.2 Å². The van der Waals surface area contributed by atoms with Crippen molar-refractivity contribution in [3.8, 4) is 12.3 Å². The Morgan fingerprint density at radius 1 is 1.16 bits per heavy atom. The highest BCUT2D eigenvalue weighted by Crippen LogP contribution is 2.21. The van der Waals surface area contributed by atoms with Gasteiger partial charge in [0.15, 0.2) is 5.69 Å². The van der Waals surface area contributed by atoms with Crippen molar-refractivity contribution in [3.63, 3.8) is 0 Å². The van der Waals surface area contributed by atoms with E-state index in [2.05, 4.69) is 16.3 Å². The minimum Gasteiger partial charge on any atom is -0.358 e. The zero-order valence-corrected chi connectivity index (χ0v) is 17.8. The highest BCUT2D eigenvalue weighted by Gasteiger charge is 2.25. The van der Waals surface area contributed by atoms with E-state index >= 15 is 0 Å². The van der Waals surface area contributed by atoms with Gasteiger partial charge in [-0.15, -0.1) is 6.42 Å². The number of hydrogen-bond acceptors (Lipinski definition) is 4. The van der Waals surface area contributed by atoms with Gasteiger partial charge in [-0.2, -0.15) is 5.10 Å². The Balaban J connectivity index is 2.21. The number of nitrogens with one attached hydrogen (secondary N) is 1. The predicted octanol–water partition coefficient (Wildman–Crippen LogP) is 2.43. The van der Waals surface area contributed by atoms with E-state index in [-0.39, 0.29) is 29.6 Å². The summed E-state index contributed by atoms with van der Waals surface area (Å²) in [7, 11) is 1.50. The number of rotatable bonds is 6. The molecule has 0 unspecified atom stereocenters. The number of anilines is 1. The van der Waals surface area contributed by atoms with E-state index in [1.54, 1.807) is 48.5 Å². The first-order valence-corrected chi connectivity index (χ1v) is 9.94. The third kappa shape index (κ3) is 4.64. The van der Waals surface area contributed by atoms with Crippen molar-refractivity contribution in [1.29, 1.82) is 0 Å². The number of aromatic nitrogens is 2. The van der Waals surface area contributed by atoms with Crippen LogP contribution in [0.4, 0.5) is 5.69 Å².